The Morgan fingerprint density at radius 2 is 2.21 bits per heavy atom. The van der Waals surface area contributed by atoms with Gasteiger partial charge in [0.15, 0.2) is 0 Å². The number of nitrogens with one attached hydrogen (secondary N) is 1. The van der Waals surface area contributed by atoms with Crippen molar-refractivity contribution in [3.8, 4) is 0 Å². The number of likely N-dealkylation sites (N-methyl/N-ethyl adjacent to an activating group) is 1. The molecule has 1 aliphatic heterocycles. The topological polar surface area (TPSA) is 15.3 Å². The minimum atomic E-state index is 0.694. The molecule has 14 heavy (non-hydrogen) atoms. The van der Waals surface area contributed by atoms with E-state index in [0.717, 1.165) is 6.04 Å². The van der Waals surface area contributed by atoms with Gasteiger partial charge in [0.25, 0.3) is 0 Å². The van der Waals surface area contributed by atoms with Crippen molar-refractivity contribution in [3.05, 3.63) is 0 Å². The summed E-state index contributed by atoms with van der Waals surface area (Å²) in [5.41, 5.74) is 0. The first kappa shape index (κ1) is 12.0. The van der Waals surface area contributed by atoms with Crippen molar-refractivity contribution in [2.24, 2.45) is 0 Å². The van der Waals surface area contributed by atoms with Crippen LogP contribution in [-0.4, -0.2) is 36.6 Å². The Kier molecular flexibility index (Phi) is 5.49. The van der Waals surface area contributed by atoms with Gasteiger partial charge in [0.05, 0.1) is 0 Å². The average molecular weight is 198 g/mol. The van der Waals surface area contributed by atoms with Gasteiger partial charge in [-0.2, -0.15) is 0 Å². The highest BCUT2D eigenvalue weighted by Gasteiger charge is 2.22. The van der Waals surface area contributed by atoms with E-state index < -0.39 is 0 Å². The van der Waals surface area contributed by atoms with Gasteiger partial charge >= 0.3 is 0 Å². The van der Waals surface area contributed by atoms with Crippen molar-refractivity contribution in [2.45, 2.75) is 58.5 Å². The monoisotopic (exact) mass is 198 g/mol. The molecule has 84 valence electrons. The zero-order chi connectivity index (χ0) is 10.4. The fourth-order valence-corrected chi connectivity index (χ4v) is 2.41. The van der Waals surface area contributed by atoms with Crippen LogP contribution in [0.2, 0.25) is 0 Å². The molecule has 1 aliphatic rings. The first-order valence-corrected chi connectivity index (χ1v) is 6.25. The van der Waals surface area contributed by atoms with Gasteiger partial charge in [0.2, 0.25) is 0 Å². The van der Waals surface area contributed by atoms with Crippen LogP contribution >= 0.6 is 0 Å². The predicted molar refractivity (Wildman–Crippen MR) is 62.6 cm³/mol. The van der Waals surface area contributed by atoms with E-state index in [9.17, 15) is 0 Å². The largest absolute Gasteiger partial charge is 0.313 e. The molecule has 0 aromatic heterocycles. The molecule has 0 aliphatic carbocycles. The average Bonchev–Trinajstić information content (AvgIpc) is 2.62. The molecule has 2 atom stereocenters. The molecule has 1 N–H and O–H groups in total. The van der Waals surface area contributed by atoms with Crippen LogP contribution in [0.5, 0.6) is 0 Å². The van der Waals surface area contributed by atoms with E-state index in [4.69, 9.17) is 0 Å². The quantitative estimate of drug-likeness (QED) is 0.704. The van der Waals surface area contributed by atoms with Crippen LogP contribution in [0.15, 0.2) is 0 Å². The lowest BCUT2D eigenvalue weighted by atomic mass is 10.1. The van der Waals surface area contributed by atoms with Gasteiger partial charge < -0.3 is 5.32 Å². The number of rotatable bonds is 6. The minimum absolute atomic E-state index is 0.694. The van der Waals surface area contributed by atoms with Crippen LogP contribution in [0.1, 0.15) is 46.5 Å². The fourth-order valence-electron chi connectivity index (χ4n) is 2.41. The van der Waals surface area contributed by atoms with Crippen LogP contribution in [0.4, 0.5) is 0 Å². The summed E-state index contributed by atoms with van der Waals surface area (Å²) in [6.45, 7) is 10.5. The molecule has 0 bridgehead atoms. The normalized spacial score (nSPS) is 25.5. The van der Waals surface area contributed by atoms with Gasteiger partial charge in [-0.3, -0.25) is 4.90 Å². The SMILES string of the molecule is CCC[C@@H](C)NC[C@H]1CCCN1CC. The summed E-state index contributed by atoms with van der Waals surface area (Å²) in [6, 6.07) is 1.50. The molecular weight excluding hydrogens is 172 g/mol. The van der Waals surface area contributed by atoms with Gasteiger partial charge in [-0.15, -0.1) is 0 Å². The summed E-state index contributed by atoms with van der Waals surface area (Å²) in [5.74, 6) is 0. The Morgan fingerprint density at radius 1 is 1.43 bits per heavy atom. The fraction of sp³-hybridized carbons (Fsp3) is 1.00. The lowest BCUT2D eigenvalue weighted by Crippen LogP contribution is -2.40. The van der Waals surface area contributed by atoms with Gasteiger partial charge in [-0.25, -0.2) is 0 Å². The number of likely N-dealkylation sites (tertiary alicyclic amines) is 1. The van der Waals surface area contributed by atoms with Crippen LogP contribution < -0.4 is 5.32 Å². The third kappa shape index (κ3) is 3.58. The Labute approximate surface area is 89.1 Å². The molecule has 1 fully saturated rings. The highest BCUT2D eigenvalue weighted by atomic mass is 15.2. The molecule has 1 heterocycles. The Balaban J connectivity index is 2.16. The van der Waals surface area contributed by atoms with E-state index in [0.29, 0.717) is 6.04 Å². The highest BCUT2D eigenvalue weighted by molar-refractivity contribution is 4.80. The lowest BCUT2D eigenvalue weighted by Gasteiger charge is -2.24. The maximum atomic E-state index is 3.65. The van der Waals surface area contributed by atoms with Crippen LogP contribution in [0.25, 0.3) is 0 Å². The molecule has 0 radical (unpaired) electrons. The smallest absolute Gasteiger partial charge is 0.0221 e. The van der Waals surface area contributed by atoms with Crippen LogP contribution in [0.3, 0.4) is 0 Å². The summed E-state index contributed by atoms with van der Waals surface area (Å²) in [4.78, 5) is 2.60. The van der Waals surface area contributed by atoms with Crippen molar-refractivity contribution in [1.29, 1.82) is 0 Å². The van der Waals surface area contributed by atoms with E-state index in [-0.39, 0.29) is 0 Å². The molecule has 0 aromatic rings. The van der Waals surface area contributed by atoms with E-state index in [1.54, 1.807) is 0 Å². The summed E-state index contributed by atoms with van der Waals surface area (Å²) in [7, 11) is 0. The summed E-state index contributed by atoms with van der Waals surface area (Å²) in [5, 5.41) is 3.65. The molecule has 1 saturated heterocycles. The first-order chi connectivity index (χ1) is 6.77. The maximum absolute atomic E-state index is 3.65. The van der Waals surface area contributed by atoms with Crippen molar-refractivity contribution in [3.63, 3.8) is 0 Å². The standard InChI is InChI=1S/C12H26N2/c1-4-7-11(3)13-10-12-8-6-9-14(12)5-2/h11-13H,4-10H2,1-3H3/t11-,12-/m1/s1. The molecule has 2 nitrogen and oxygen atoms in total. The molecular formula is C12H26N2. The molecule has 1 rings (SSSR count). The highest BCUT2D eigenvalue weighted by Crippen LogP contribution is 2.15. The summed E-state index contributed by atoms with van der Waals surface area (Å²) in [6.07, 6.45) is 5.37. The van der Waals surface area contributed by atoms with Crippen molar-refractivity contribution in [1.82, 2.24) is 10.2 Å². The van der Waals surface area contributed by atoms with Crippen LogP contribution in [0, 0.1) is 0 Å². The second-order valence-electron chi connectivity index (χ2n) is 4.52. The van der Waals surface area contributed by atoms with E-state index >= 15 is 0 Å². The molecule has 0 spiro atoms. The molecule has 2 heteroatoms. The van der Waals surface area contributed by atoms with Gasteiger partial charge in [0.1, 0.15) is 0 Å². The predicted octanol–water partition coefficient (Wildman–Crippen LogP) is 2.25. The summed E-state index contributed by atoms with van der Waals surface area (Å²) < 4.78 is 0. The molecule has 0 aromatic carbocycles. The Bertz CT molecular complexity index is 147. The number of nitrogens with zero attached hydrogens (tertiary/aromatic N) is 1. The molecule has 0 amide bonds. The van der Waals surface area contributed by atoms with Crippen molar-refractivity contribution < 1.29 is 0 Å². The lowest BCUT2D eigenvalue weighted by molar-refractivity contribution is 0.253. The van der Waals surface area contributed by atoms with Crippen molar-refractivity contribution >= 4 is 0 Å². The maximum Gasteiger partial charge on any atom is 0.0221 e. The zero-order valence-electron chi connectivity index (χ0n) is 10.1. The third-order valence-electron chi connectivity index (χ3n) is 3.33. The number of hydrogen-bond donors (Lipinski definition) is 1. The minimum Gasteiger partial charge on any atom is -0.313 e. The van der Waals surface area contributed by atoms with Gasteiger partial charge in [0, 0.05) is 18.6 Å². The second-order valence-corrected chi connectivity index (χ2v) is 4.52. The third-order valence-corrected chi connectivity index (χ3v) is 3.33. The Hall–Kier alpha value is -0.0800. The summed E-state index contributed by atoms with van der Waals surface area (Å²) >= 11 is 0. The van der Waals surface area contributed by atoms with Crippen molar-refractivity contribution in [2.75, 3.05) is 19.6 Å². The molecule has 0 unspecified atom stereocenters. The van der Waals surface area contributed by atoms with E-state index in [1.165, 1.54) is 45.3 Å². The first-order valence-electron chi connectivity index (χ1n) is 6.25. The Morgan fingerprint density at radius 3 is 2.86 bits per heavy atom. The van der Waals surface area contributed by atoms with E-state index in [1.807, 2.05) is 0 Å². The van der Waals surface area contributed by atoms with Crippen LogP contribution in [-0.2, 0) is 0 Å². The van der Waals surface area contributed by atoms with Gasteiger partial charge in [-0.1, -0.05) is 20.3 Å². The number of hydrogen-bond acceptors (Lipinski definition) is 2. The molecule has 0 saturated carbocycles. The van der Waals surface area contributed by atoms with E-state index in [2.05, 4.69) is 31.0 Å². The van der Waals surface area contributed by atoms with Gasteiger partial charge in [-0.05, 0) is 39.3 Å². The zero-order valence-corrected chi connectivity index (χ0v) is 10.1. The second kappa shape index (κ2) is 6.41.